The summed E-state index contributed by atoms with van der Waals surface area (Å²) < 4.78 is 0. The Morgan fingerprint density at radius 2 is 2.14 bits per heavy atom. The van der Waals surface area contributed by atoms with Crippen LogP contribution in [-0.2, 0) is 0 Å². The lowest BCUT2D eigenvalue weighted by molar-refractivity contribution is 0.236. The molecule has 2 heteroatoms. The van der Waals surface area contributed by atoms with Gasteiger partial charge in [0.1, 0.15) is 0 Å². The number of likely N-dealkylation sites (tertiary alicyclic amines) is 1. The highest BCUT2D eigenvalue weighted by Crippen LogP contribution is 2.28. The molecule has 14 heavy (non-hydrogen) atoms. The minimum Gasteiger partial charge on any atom is -0.314 e. The van der Waals surface area contributed by atoms with Gasteiger partial charge in [-0.1, -0.05) is 13.8 Å². The second-order valence-electron chi connectivity index (χ2n) is 5.11. The van der Waals surface area contributed by atoms with E-state index in [1.165, 1.54) is 38.8 Å². The van der Waals surface area contributed by atoms with Crippen LogP contribution in [0.4, 0.5) is 0 Å². The quantitative estimate of drug-likeness (QED) is 0.741. The molecule has 1 N–H and O–H groups in total. The topological polar surface area (TPSA) is 15.3 Å². The lowest BCUT2D eigenvalue weighted by Crippen LogP contribution is -2.33. The van der Waals surface area contributed by atoms with E-state index < -0.39 is 0 Å². The van der Waals surface area contributed by atoms with Gasteiger partial charge < -0.3 is 10.2 Å². The van der Waals surface area contributed by atoms with Crippen molar-refractivity contribution in [2.75, 3.05) is 19.6 Å². The molecule has 1 saturated carbocycles. The van der Waals surface area contributed by atoms with Crippen LogP contribution in [0.2, 0.25) is 0 Å². The molecule has 3 atom stereocenters. The molecule has 1 heterocycles. The minimum atomic E-state index is 0.806. The molecule has 1 aliphatic carbocycles. The summed E-state index contributed by atoms with van der Waals surface area (Å²) in [7, 11) is 0. The highest BCUT2D eigenvalue weighted by Gasteiger charge is 2.31. The molecule has 2 aliphatic rings. The molecule has 0 aromatic rings. The number of hydrogen-bond donors (Lipinski definition) is 1. The van der Waals surface area contributed by atoms with Gasteiger partial charge in [-0.15, -0.1) is 0 Å². The van der Waals surface area contributed by atoms with Crippen molar-refractivity contribution in [3.63, 3.8) is 0 Å². The lowest BCUT2D eigenvalue weighted by Gasteiger charge is -2.23. The fourth-order valence-corrected chi connectivity index (χ4v) is 3.06. The van der Waals surface area contributed by atoms with E-state index in [0.717, 1.165) is 24.5 Å². The normalized spacial score (nSPS) is 39.4. The van der Waals surface area contributed by atoms with Crippen molar-refractivity contribution in [2.45, 2.75) is 51.6 Å². The zero-order valence-electron chi connectivity index (χ0n) is 9.63. The summed E-state index contributed by atoms with van der Waals surface area (Å²) >= 11 is 0. The molecule has 1 aliphatic heterocycles. The van der Waals surface area contributed by atoms with Crippen LogP contribution >= 0.6 is 0 Å². The summed E-state index contributed by atoms with van der Waals surface area (Å²) in [5.74, 6) is 0.938. The fourth-order valence-electron chi connectivity index (χ4n) is 3.06. The van der Waals surface area contributed by atoms with Crippen LogP contribution in [-0.4, -0.2) is 36.6 Å². The van der Waals surface area contributed by atoms with Gasteiger partial charge in [0.2, 0.25) is 0 Å². The van der Waals surface area contributed by atoms with Crippen LogP contribution in [0.25, 0.3) is 0 Å². The van der Waals surface area contributed by atoms with Crippen LogP contribution in [0, 0.1) is 5.92 Å². The summed E-state index contributed by atoms with van der Waals surface area (Å²) in [6.07, 6.45) is 5.62. The van der Waals surface area contributed by atoms with Crippen LogP contribution in [0.1, 0.15) is 39.5 Å². The number of nitrogens with one attached hydrogen (secondary N) is 1. The van der Waals surface area contributed by atoms with E-state index in [1.807, 2.05) is 0 Å². The number of hydrogen-bond acceptors (Lipinski definition) is 2. The molecular weight excluding hydrogens is 172 g/mol. The molecule has 2 fully saturated rings. The van der Waals surface area contributed by atoms with Crippen molar-refractivity contribution in [3.05, 3.63) is 0 Å². The molecule has 0 bridgehead atoms. The van der Waals surface area contributed by atoms with Gasteiger partial charge >= 0.3 is 0 Å². The third-order valence-electron chi connectivity index (χ3n) is 3.87. The number of nitrogens with zero attached hydrogens (tertiary/aromatic N) is 1. The van der Waals surface area contributed by atoms with E-state index in [-0.39, 0.29) is 0 Å². The Labute approximate surface area is 88.1 Å². The monoisotopic (exact) mass is 196 g/mol. The minimum absolute atomic E-state index is 0.806. The maximum Gasteiger partial charge on any atom is 0.0111 e. The van der Waals surface area contributed by atoms with Gasteiger partial charge in [-0.05, 0) is 44.7 Å². The van der Waals surface area contributed by atoms with E-state index in [1.54, 1.807) is 0 Å². The molecule has 3 unspecified atom stereocenters. The standard InChI is InChI=1S/C12H24N2/c1-3-13-11-4-5-12(8-11)14-7-6-10(2)9-14/h10-13H,3-9H2,1-2H3. The Kier molecular flexibility index (Phi) is 3.45. The van der Waals surface area contributed by atoms with Gasteiger partial charge in [0.25, 0.3) is 0 Å². The SMILES string of the molecule is CCNC1CCC(N2CCC(C)C2)C1. The zero-order valence-corrected chi connectivity index (χ0v) is 9.63. The molecule has 1 saturated heterocycles. The molecular formula is C12H24N2. The average molecular weight is 196 g/mol. The van der Waals surface area contributed by atoms with E-state index in [4.69, 9.17) is 0 Å². The third kappa shape index (κ3) is 2.29. The summed E-state index contributed by atoms with van der Waals surface area (Å²) in [5.41, 5.74) is 0. The van der Waals surface area contributed by atoms with Crippen molar-refractivity contribution >= 4 is 0 Å². The maximum absolute atomic E-state index is 3.58. The number of rotatable bonds is 3. The molecule has 2 rings (SSSR count). The Morgan fingerprint density at radius 3 is 2.79 bits per heavy atom. The fraction of sp³-hybridized carbons (Fsp3) is 1.00. The van der Waals surface area contributed by atoms with Crippen LogP contribution in [0.3, 0.4) is 0 Å². The van der Waals surface area contributed by atoms with Crippen LogP contribution in [0.15, 0.2) is 0 Å². The average Bonchev–Trinajstić information content (AvgIpc) is 2.74. The van der Waals surface area contributed by atoms with E-state index >= 15 is 0 Å². The van der Waals surface area contributed by atoms with Gasteiger partial charge in [0.15, 0.2) is 0 Å². The van der Waals surface area contributed by atoms with Gasteiger partial charge in [-0.3, -0.25) is 0 Å². The largest absolute Gasteiger partial charge is 0.314 e. The highest BCUT2D eigenvalue weighted by atomic mass is 15.2. The van der Waals surface area contributed by atoms with Gasteiger partial charge in [0, 0.05) is 18.6 Å². The Balaban J connectivity index is 1.78. The van der Waals surface area contributed by atoms with Gasteiger partial charge in [-0.25, -0.2) is 0 Å². The summed E-state index contributed by atoms with van der Waals surface area (Å²) in [5, 5.41) is 3.58. The van der Waals surface area contributed by atoms with E-state index in [9.17, 15) is 0 Å². The van der Waals surface area contributed by atoms with Crippen molar-refractivity contribution in [1.82, 2.24) is 10.2 Å². The van der Waals surface area contributed by atoms with Crippen molar-refractivity contribution in [1.29, 1.82) is 0 Å². The summed E-state index contributed by atoms with van der Waals surface area (Å²) in [6.45, 7) is 8.43. The summed E-state index contributed by atoms with van der Waals surface area (Å²) in [6, 6.07) is 1.70. The van der Waals surface area contributed by atoms with Crippen molar-refractivity contribution in [2.24, 2.45) is 5.92 Å². The first-order valence-corrected chi connectivity index (χ1v) is 6.27. The van der Waals surface area contributed by atoms with E-state index in [0.29, 0.717) is 0 Å². The molecule has 2 nitrogen and oxygen atoms in total. The summed E-state index contributed by atoms with van der Waals surface area (Å²) in [4.78, 5) is 2.72. The van der Waals surface area contributed by atoms with Crippen LogP contribution in [0.5, 0.6) is 0 Å². The van der Waals surface area contributed by atoms with Gasteiger partial charge in [0.05, 0.1) is 0 Å². The molecule has 82 valence electrons. The maximum atomic E-state index is 3.58. The van der Waals surface area contributed by atoms with Crippen molar-refractivity contribution in [3.8, 4) is 0 Å². The Hall–Kier alpha value is -0.0800. The molecule has 0 aromatic carbocycles. The zero-order chi connectivity index (χ0) is 9.97. The Morgan fingerprint density at radius 1 is 1.29 bits per heavy atom. The molecule has 0 amide bonds. The smallest absolute Gasteiger partial charge is 0.0111 e. The molecule has 0 aromatic heterocycles. The first-order chi connectivity index (χ1) is 6.79. The predicted molar refractivity (Wildman–Crippen MR) is 60.5 cm³/mol. The predicted octanol–water partition coefficient (Wildman–Crippen LogP) is 1.86. The van der Waals surface area contributed by atoms with Gasteiger partial charge in [-0.2, -0.15) is 0 Å². The molecule has 0 radical (unpaired) electrons. The first kappa shape index (κ1) is 10.4. The second-order valence-corrected chi connectivity index (χ2v) is 5.11. The molecule has 0 spiro atoms. The Bertz CT molecular complexity index is 181. The first-order valence-electron chi connectivity index (χ1n) is 6.27. The third-order valence-corrected chi connectivity index (χ3v) is 3.87. The lowest BCUT2D eigenvalue weighted by atomic mass is 10.2. The highest BCUT2D eigenvalue weighted by molar-refractivity contribution is 4.89. The van der Waals surface area contributed by atoms with Crippen molar-refractivity contribution < 1.29 is 0 Å². The van der Waals surface area contributed by atoms with Crippen LogP contribution < -0.4 is 5.32 Å². The second kappa shape index (κ2) is 4.63. The van der Waals surface area contributed by atoms with E-state index in [2.05, 4.69) is 24.1 Å².